The lowest BCUT2D eigenvalue weighted by molar-refractivity contribution is -0.144. The second-order valence-corrected chi connectivity index (χ2v) is 16.1. The molecule has 4 aromatic carbocycles. The first-order valence-electron chi connectivity index (χ1n) is 18.7. The first-order chi connectivity index (χ1) is 26.1. The first-order valence-corrected chi connectivity index (χ1v) is 19.4. The standard InChI is InChI=1S/C43H39Cl2N3O6/c1-54-27-15-12-24(13-16-27)43-33(40(51)48(42(43)53)46-35-20-14-25(44)21-34(35)45)22-32-29(37(43)31-17-11-23-7-5-6-10-28(23)38(31)49)18-19-30-36(32)41(52)47(39(30)50)26-8-3-2-4-9-26/h5-7,10-18,20-21,26,30,32-33,36-37,46,49H,2-4,8-9,19,22H2,1H3. The van der Waals surface area contributed by atoms with Gasteiger partial charge in [-0.25, -0.2) is 0 Å². The largest absolute Gasteiger partial charge is 0.507 e. The Kier molecular flexibility index (Phi) is 8.50. The summed E-state index contributed by atoms with van der Waals surface area (Å²) in [4.78, 5) is 60.9. The lowest BCUT2D eigenvalue weighted by Gasteiger charge is -2.50. The molecule has 9 rings (SSSR count). The summed E-state index contributed by atoms with van der Waals surface area (Å²) in [7, 11) is 1.56. The molecule has 0 aromatic heterocycles. The monoisotopic (exact) mass is 763 g/mol. The van der Waals surface area contributed by atoms with Crippen LogP contribution in [0.4, 0.5) is 5.69 Å². The highest BCUT2D eigenvalue weighted by molar-refractivity contribution is 6.36. The summed E-state index contributed by atoms with van der Waals surface area (Å²) in [6.07, 6.45) is 7.10. The van der Waals surface area contributed by atoms with Crippen LogP contribution in [0.25, 0.3) is 10.8 Å². The van der Waals surface area contributed by atoms with E-state index in [1.807, 2.05) is 54.6 Å². The number of phenolic OH excluding ortho intramolecular Hbond substituents is 1. The van der Waals surface area contributed by atoms with Gasteiger partial charge < -0.3 is 9.84 Å². The van der Waals surface area contributed by atoms with Gasteiger partial charge in [0.05, 0.1) is 41.0 Å². The molecule has 2 saturated carbocycles. The Morgan fingerprint density at radius 1 is 0.852 bits per heavy atom. The van der Waals surface area contributed by atoms with Crippen LogP contribution in [0.3, 0.4) is 0 Å². The number of carbonyl (C=O) groups excluding carboxylic acids is 4. The Morgan fingerprint density at radius 2 is 1.61 bits per heavy atom. The molecular weight excluding hydrogens is 725 g/mol. The van der Waals surface area contributed by atoms with Gasteiger partial charge in [-0.05, 0) is 72.9 Å². The number of imide groups is 2. The number of anilines is 1. The molecule has 4 aromatic rings. The normalized spacial score (nSPS) is 28.2. The molecule has 3 aliphatic carbocycles. The van der Waals surface area contributed by atoms with E-state index in [4.69, 9.17) is 27.9 Å². The maximum atomic E-state index is 15.5. The van der Waals surface area contributed by atoms with Gasteiger partial charge in [0.1, 0.15) is 11.5 Å². The van der Waals surface area contributed by atoms with Gasteiger partial charge in [0.15, 0.2) is 0 Å². The number of nitrogens with zero attached hydrogens (tertiary/aromatic N) is 2. The second-order valence-electron chi connectivity index (χ2n) is 15.3. The number of fused-ring (bicyclic) bond motifs is 5. The van der Waals surface area contributed by atoms with Crippen LogP contribution < -0.4 is 10.2 Å². The Bertz CT molecular complexity index is 2270. The number of hydrazine groups is 1. The molecule has 0 bridgehead atoms. The van der Waals surface area contributed by atoms with E-state index >= 15 is 9.59 Å². The number of ether oxygens (including phenoxy) is 1. The first kappa shape index (κ1) is 34.9. The summed E-state index contributed by atoms with van der Waals surface area (Å²) in [6.45, 7) is 0. The van der Waals surface area contributed by atoms with Crippen LogP contribution in [0.1, 0.15) is 62.0 Å². The van der Waals surface area contributed by atoms with Crippen molar-refractivity contribution in [2.45, 2.75) is 62.3 Å². The van der Waals surface area contributed by atoms with E-state index in [1.54, 1.807) is 31.4 Å². The fourth-order valence-electron chi connectivity index (χ4n) is 10.4. The number of halogens is 2. The van der Waals surface area contributed by atoms with Crippen molar-refractivity contribution in [3.63, 3.8) is 0 Å². The van der Waals surface area contributed by atoms with Crippen molar-refractivity contribution >= 4 is 63.3 Å². The van der Waals surface area contributed by atoms with Gasteiger partial charge in [0.25, 0.3) is 11.8 Å². The third-order valence-corrected chi connectivity index (χ3v) is 13.3. The molecule has 4 fully saturated rings. The topological polar surface area (TPSA) is 116 Å². The van der Waals surface area contributed by atoms with Crippen molar-refractivity contribution in [2.75, 3.05) is 12.5 Å². The van der Waals surface area contributed by atoms with Crippen molar-refractivity contribution in [2.24, 2.45) is 23.7 Å². The van der Waals surface area contributed by atoms with Crippen LogP contribution in [0, 0.1) is 23.7 Å². The Hall–Kier alpha value is -4.86. The number of hydrogen-bond acceptors (Lipinski definition) is 7. The van der Waals surface area contributed by atoms with Crippen LogP contribution in [0.5, 0.6) is 11.5 Å². The van der Waals surface area contributed by atoms with Crippen molar-refractivity contribution in [1.29, 1.82) is 0 Å². The van der Waals surface area contributed by atoms with E-state index in [0.29, 0.717) is 39.4 Å². The zero-order valence-electron chi connectivity index (χ0n) is 29.6. The molecular formula is C43H39Cl2N3O6. The van der Waals surface area contributed by atoms with E-state index in [0.717, 1.165) is 48.1 Å². The number of benzene rings is 4. The third-order valence-electron chi connectivity index (χ3n) is 12.8. The molecule has 54 heavy (non-hydrogen) atoms. The summed E-state index contributed by atoms with van der Waals surface area (Å²) in [5.74, 6) is -4.41. The summed E-state index contributed by atoms with van der Waals surface area (Å²) in [5, 5.41) is 15.3. The number of carbonyl (C=O) groups is 4. The number of likely N-dealkylation sites (tertiary alicyclic amines) is 1. The molecule has 0 radical (unpaired) electrons. The smallest absolute Gasteiger partial charge is 0.260 e. The van der Waals surface area contributed by atoms with E-state index in [-0.39, 0.29) is 35.0 Å². The van der Waals surface area contributed by atoms with Gasteiger partial charge in [-0.2, -0.15) is 5.01 Å². The fraction of sp³-hybridized carbons (Fsp3) is 0.349. The maximum Gasteiger partial charge on any atom is 0.260 e. The number of hydrogen-bond donors (Lipinski definition) is 2. The number of amides is 4. The molecule has 0 spiro atoms. The Labute approximate surface area is 322 Å². The minimum atomic E-state index is -1.57. The lowest BCUT2D eigenvalue weighted by Crippen LogP contribution is -2.53. The van der Waals surface area contributed by atoms with Crippen LogP contribution in [0.15, 0.2) is 90.5 Å². The number of rotatable bonds is 6. The fourth-order valence-corrected chi connectivity index (χ4v) is 10.9. The minimum absolute atomic E-state index is 0.00142. The summed E-state index contributed by atoms with van der Waals surface area (Å²) < 4.78 is 5.50. The zero-order valence-corrected chi connectivity index (χ0v) is 31.1. The molecule has 9 nitrogen and oxygen atoms in total. The predicted octanol–water partition coefficient (Wildman–Crippen LogP) is 8.18. The quantitative estimate of drug-likeness (QED) is 0.150. The van der Waals surface area contributed by atoms with E-state index in [2.05, 4.69) is 5.43 Å². The van der Waals surface area contributed by atoms with Crippen molar-refractivity contribution in [3.05, 3.63) is 112 Å². The third kappa shape index (κ3) is 5.04. The number of allylic oxidation sites excluding steroid dienone is 2. The highest BCUT2D eigenvalue weighted by Crippen LogP contribution is 2.65. The van der Waals surface area contributed by atoms with E-state index < -0.39 is 46.8 Å². The molecule has 2 heterocycles. The Morgan fingerprint density at radius 3 is 2.35 bits per heavy atom. The van der Waals surface area contributed by atoms with Gasteiger partial charge in [-0.3, -0.25) is 29.5 Å². The molecule has 4 amide bonds. The highest BCUT2D eigenvalue weighted by atomic mass is 35.5. The summed E-state index contributed by atoms with van der Waals surface area (Å²) in [6, 6.07) is 23.0. The van der Waals surface area contributed by atoms with Gasteiger partial charge in [0.2, 0.25) is 11.8 Å². The van der Waals surface area contributed by atoms with E-state index in [9.17, 15) is 14.7 Å². The summed E-state index contributed by atoms with van der Waals surface area (Å²) >= 11 is 12.8. The number of nitrogens with one attached hydrogen (secondary N) is 1. The van der Waals surface area contributed by atoms with Gasteiger partial charge in [0, 0.05) is 27.9 Å². The average molecular weight is 765 g/mol. The van der Waals surface area contributed by atoms with Crippen LogP contribution >= 0.6 is 23.2 Å². The molecule has 2 saturated heterocycles. The molecule has 6 atom stereocenters. The zero-order chi connectivity index (χ0) is 37.5. The number of phenols is 1. The van der Waals surface area contributed by atoms with Crippen molar-refractivity contribution in [1.82, 2.24) is 9.91 Å². The predicted molar refractivity (Wildman–Crippen MR) is 205 cm³/mol. The molecule has 276 valence electrons. The number of aromatic hydroxyl groups is 1. The molecule has 11 heteroatoms. The van der Waals surface area contributed by atoms with Crippen LogP contribution in [-0.2, 0) is 24.6 Å². The Balaban J connectivity index is 1.26. The maximum absolute atomic E-state index is 15.5. The SMILES string of the molecule is COc1ccc(C23C(=O)N(Nc4ccc(Cl)cc4Cl)C(=O)C2CC2C(=CCC4C(=O)N(C5CCCCC5)C(=O)C42)C3c2ccc3ccccc3c2O)cc1. The average Bonchev–Trinajstić information content (AvgIpc) is 3.57. The van der Waals surface area contributed by atoms with Crippen molar-refractivity contribution < 1.29 is 29.0 Å². The van der Waals surface area contributed by atoms with E-state index in [1.165, 1.54) is 11.0 Å². The van der Waals surface area contributed by atoms with Crippen LogP contribution in [0.2, 0.25) is 10.0 Å². The second kappa shape index (κ2) is 13.2. The molecule has 5 aliphatic rings. The van der Waals surface area contributed by atoms with Gasteiger partial charge in [-0.1, -0.05) is 103 Å². The minimum Gasteiger partial charge on any atom is -0.507 e. The van der Waals surface area contributed by atoms with Gasteiger partial charge in [-0.15, -0.1) is 0 Å². The lowest BCUT2D eigenvalue weighted by atomic mass is 9.49. The van der Waals surface area contributed by atoms with Crippen molar-refractivity contribution in [3.8, 4) is 11.5 Å². The van der Waals surface area contributed by atoms with Crippen LogP contribution in [-0.4, -0.2) is 51.8 Å². The highest BCUT2D eigenvalue weighted by Gasteiger charge is 2.71. The number of methoxy groups -OCH3 is 1. The molecule has 2 N–H and O–H groups in total. The van der Waals surface area contributed by atoms with Gasteiger partial charge >= 0.3 is 0 Å². The molecule has 2 aliphatic heterocycles. The molecule has 6 unspecified atom stereocenters. The summed E-state index contributed by atoms with van der Waals surface area (Å²) in [5.41, 5.74) is 3.59.